The van der Waals surface area contributed by atoms with Gasteiger partial charge in [-0.3, -0.25) is 19.8 Å². The molecule has 214 valence electrons. The summed E-state index contributed by atoms with van der Waals surface area (Å²) in [6.45, 7) is 10.3. The zero-order valence-corrected chi connectivity index (χ0v) is 25.3. The van der Waals surface area contributed by atoms with Gasteiger partial charge in [0.1, 0.15) is 5.82 Å². The third kappa shape index (κ3) is 5.33. The molecule has 42 heavy (non-hydrogen) atoms. The number of non-ortho nitro benzene ring substituents is 1. The summed E-state index contributed by atoms with van der Waals surface area (Å²) >= 11 is 1.76. The minimum Gasteiger partial charge on any atom is -0.384 e. The molecule has 0 fully saturated rings. The molecule has 2 aliphatic rings. The summed E-state index contributed by atoms with van der Waals surface area (Å²) in [6, 6.07) is 21.0. The number of nitro groups is 1. The maximum Gasteiger partial charge on any atom is 0.271 e. The van der Waals surface area contributed by atoms with Gasteiger partial charge in [0.15, 0.2) is 5.78 Å². The highest BCUT2D eigenvalue weighted by Crippen LogP contribution is 2.51. The number of thioether (sulfide) groups is 1. The van der Waals surface area contributed by atoms with Gasteiger partial charge < -0.3 is 5.73 Å². The van der Waals surface area contributed by atoms with Crippen LogP contribution in [0.5, 0.6) is 0 Å². The van der Waals surface area contributed by atoms with Crippen LogP contribution in [-0.4, -0.2) is 10.7 Å². The van der Waals surface area contributed by atoms with Gasteiger partial charge in [0.25, 0.3) is 5.69 Å². The van der Waals surface area contributed by atoms with Crippen molar-refractivity contribution in [3.63, 3.8) is 0 Å². The zero-order valence-electron chi connectivity index (χ0n) is 24.5. The second kappa shape index (κ2) is 11.1. The van der Waals surface area contributed by atoms with Crippen LogP contribution in [0.15, 0.2) is 88.2 Å². The number of hydrogen-bond donors (Lipinski definition) is 1. The molecule has 3 aromatic rings. The number of rotatable bonds is 6. The molecule has 0 saturated heterocycles. The van der Waals surface area contributed by atoms with Crippen molar-refractivity contribution >= 4 is 28.9 Å². The second-order valence-electron chi connectivity index (χ2n) is 11.9. The molecule has 3 aromatic carbocycles. The first-order valence-corrected chi connectivity index (χ1v) is 14.9. The quantitative estimate of drug-likeness (QED) is 0.181. The summed E-state index contributed by atoms with van der Waals surface area (Å²) in [4.78, 5) is 28.0. The number of nitrogens with two attached hydrogens (primary N) is 1. The predicted octanol–water partition coefficient (Wildman–Crippen LogP) is 7.75. The molecular weight excluding hydrogens is 544 g/mol. The van der Waals surface area contributed by atoms with Gasteiger partial charge in [-0.2, -0.15) is 5.26 Å². The van der Waals surface area contributed by atoms with E-state index in [2.05, 4.69) is 44.2 Å². The highest BCUT2D eigenvalue weighted by Gasteiger charge is 2.45. The fourth-order valence-electron chi connectivity index (χ4n) is 6.12. The van der Waals surface area contributed by atoms with Crippen molar-refractivity contribution in [2.24, 2.45) is 11.1 Å². The number of carbonyl (C=O) groups is 1. The van der Waals surface area contributed by atoms with Crippen LogP contribution in [0.3, 0.4) is 0 Å². The third-order valence-corrected chi connectivity index (χ3v) is 9.42. The Hall–Kier alpha value is -4.35. The van der Waals surface area contributed by atoms with Crippen LogP contribution in [0.2, 0.25) is 0 Å². The molecule has 0 saturated carbocycles. The molecule has 0 spiro atoms. The van der Waals surface area contributed by atoms with E-state index < -0.39 is 10.8 Å². The lowest BCUT2D eigenvalue weighted by Gasteiger charge is -2.44. The summed E-state index contributed by atoms with van der Waals surface area (Å²) in [5, 5.41) is 22.1. The lowest BCUT2D eigenvalue weighted by atomic mass is 9.68. The smallest absolute Gasteiger partial charge is 0.271 e. The van der Waals surface area contributed by atoms with Gasteiger partial charge in [0.2, 0.25) is 0 Å². The molecule has 0 bridgehead atoms. The van der Waals surface area contributed by atoms with E-state index in [0.717, 1.165) is 28.0 Å². The number of Topliss-reactive ketones (excluding diaryl/α,β-unsaturated/α-hetero) is 1. The van der Waals surface area contributed by atoms with E-state index >= 15 is 0 Å². The summed E-state index contributed by atoms with van der Waals surface area (Å²) in [5.41, 5.74) is 13.7. The number of carbonyl (C=O) groups excluding carboxylic acids is 1. The fraction of sp³-hybridized carbons (Fsp3) is 0.294. The Morgan fingerprint density at radius 1 is 1.05 bits per heavy atom. The first kappa shape index (κ1) is 29.2. The Labute approximate surface area is 250 Å². The highest BCUT2D eigenvalue weighted by molar-refractivity contribution is 7.98. The Morgan fingerprint density at radius 2 is 1.79 bits per heavy atom. The van der Waals surface area contributed by atoms with Crippen LogP contribution in [0.1, 0.15) is 60.4 Å². The zero-order chi connectivity index (χ0) is 30.3. The van der Waals surface area contributed by atoms with Crippen LogP contribution < -0.4 is 10.6 Å². The van der Waals surface area contributed by atoms with Crippen LogP contribution in [0, 0.1) is 47.6 Å². The minimum absolute atomic E-state index is 0.0299. The normalized spacial score (nSPS) is 18.1. The molecule has 1 aliphatic heterocycles. The number of benzene rings is 3. The Kier molecular flexibility index (Phi) is 7.74. The van der Waals surface area contributed by atoms with Gasteiger partial charge in [0, 0.05) is 40.5 Å². The van der Waals surface area contributed by atoms with Crippen molar-refractivity contribution in [3.05, 3.63) is 121 Å². The number of aryl methyl sites for hydroxylation is 3. The average molecular weight is 579 g/mol. The molecule has 2 N–H and O–H groups in total. The Balaban J connectivity index is 1.68. The lowest BCUT2D eigenvalue weighted by molar-refractivity contribution is -0.384. The molecule has 1 atom stereocenters. The number of ketones is 1. The largest absolute Gasteiger partial charge is 0.384 e. The van der Waals surface area contributed by atoms with Gasteiger partial charge in [0.05, 0.1) is 28.2 Å². The van der Waals surface area contributed by atoms with E-state index in [-0.39, 0.29) is 28.3 Å². The molecule has 0 amide bonds. The number of anilines is 1. The van der Waals surface area contributed by atoms with Crippen molar-refractivity contribution in [1.29, 1.82) is 5.26 Å². The average Bonchev–Trinajstić information content (AvgIpc) is 2.92. The predicted molar refractivity (Wildman–Crippen MR) is 167 cm³/mol. The van der Waals surface area contributed by atoms with Crippen molar-refractivity contribution in [2.75, 3.05) is 4.90 Å². The van der Waals surface area contributed by atoms with Crippen LogP contribution in [0.4, 0.5) is 11.4 Å². The number of nitrogens with zero attached hydrogens (tertiary/aromatic N) is 3. The maximum atomic E-state index is 14.0. The third-order valence-electron chi connectivity index (χ3n) is 8.19. The van der Waals surface area contributed by atoms with Gasteiger partial charge in [-0.1, -0.05) is 50.2 Å². The van der Waals surface area contributed by atoms with E-state index in [9.17, 15) is 20.2 Å². The molecule has 0 aromatic heterocycles. The number of allylic oxidation sites excluding steroid dienone is 3. The molecule has 1 aliphatic carbocycles. The molecule has 7 nitrogen and oxygen atoms in total. The number of nitriles is 1. The Bertz CT molecular complexity index is 1730. The summed E-state index contributed by atoms with van der Waals surface area (Å²) in [5.74, 6) is 0.289. The first-order valence-electron chi connectivity index (χ1n) is 13.9. The molecule has 8 heteroatoms. The monoisotopic (exact) mass is 578 g/mol. The van der Waals surface area contributed by atoms with Gasteiger partial charge >= 0.3 is 0 Å². The van der Waals surface area contributed by atoms with Crippen molar-refractivity contribution < 1.29 is 9.72 Å². The van der Waals surface area contributed by atoms with Crippen LogP contribution in [0.25, 0.3) is 0 Å². The number of hydrogen-bond acceptors (Lipinski definition) is 7. The first-order chi connectivity index (χ1) is 19.9. The molecule has 1 heterocycles. The van der Waals surface area contributed by atoms with Crippen LogP contribution in [-0.2, 0) is 10.5 Å². The van der Waals surface area contributed by atoms with Crippen molar-refractivity contribution in [1.82, 2.24) is 0 Å². The number of nitro benzene ring substituents is 1. The van der Waals surface area contributed by atoms with E-state index in [1.165, 1.54) is 22.6 Å². The molecular formula is C34H34N4O3S. The lowest BCUT2D eigenvalue weighted by Crippen LogP contribution is -2.42. The van der Waals surface area contributed by atoms with E-state index in [4.69, 9.17) is 5.73 Å². The summed E-state index contributed by atoms with van der Waals surface area (Å²) < 4.78 is 0. The Morgan fingerprint density at radius 3 is 2.48 bits per heavy atom. The van der Waals surface area contributed by atoms with Crippen molar-refractivity contribution in [3.8, 4) is 6.07 Å². The minimum atomic E-state index is -0.619. The standard InChI is InChI=1S/C34H34N4O3S/c1-20-9-6-7-12-30(20)42-19-23-14-26(22(3)13-21(23)2)31-27(18-35)33(36)37(24-10-8-11-25(15-24)38(40)41)28-16-34(4,5)17-29(39)32(28)31/h6-15,31H,16-17,19,36H2,1-5H3. The maximum absolute atomic E-state index is 14.0. The molecule has 0 radical (unpaired) electrons. The van der Waals surface area contributed by atoms with E-state index in [1.54, 1.807) is 28.8 Å². The van der Waals surface area contributed by atoms with Gasteiger partial charge in [-0.05, 0) is 72.6 Å². The second-order valence-corrected chi connectivity index (χ2v) is 13.0. The SMILES string of the molecule is Cc1cc(C)c(C2C(C#N)=C(N)N(c3cccc([N+](=O)[O-])c3)C3=C2C(=O)CC(C)(C)C3)cc1CSc1ccccc1C. The molecule has 1 unspecified atom stereocenters. The summed E-state index contributed by atoms with van der Waals surface area (Å²) in [7, 11) is 0. The van der Waals surface area contributed by atoms with Gasteiger partial charge in [-0.15, -0.1) is 11.8 Å². The molecule has 5 rings (SSSR count). The topological polar surface area (TPSA) is 113 Å². The summed E-state index contributed by atoms with van der Waals surface area (Å²) in [6.07, 6.45) is 0.873. The van der Waals surface area contributed by atoms with E-state index in [0.29, 0.717) is 29.8 Å². The van der Waals surface area contributed by atoms with Crippen molar-refractivity contribution in [2.45, 2.75) is 64.0 Å². The van der Waals surface area contributed by atoms with Crippen LogP contribution >= 0.6 is 11.8 Å². The van der Waals surface area contributed by atoms with Gasteiger partial charge in [-0.25, -0.2) is 0 Å². The fourth-order valence-corrected chi connectivity index (χ4v) is 7.21. The van der Waals surface area contributed by atoms with E-state index in [1.807, 2.05) is 32.9 Å². The highest BCUT2D eigenvalue weighted by atomic mass is 32.2.